The Hall–Kier alpha value is -1.97. The third kappa shape index (κ3) is 2.95. The molecule has 1 aromatic rings. The highest BCUT2D eigenvalue weighted by Crippen LogP contribution is 2.36. The van der Waals surface area contributed by atoms with Crippen LogP contribution in [-0.4, -0.2) is 24.7 Å². The Labute approximate surface area is 122 Å². The number of hydrogen-bond acceptors (Lipinski definition) is 3. The molecule has 2 rings (SSSR count). The molecular formula is C15H16N2O2S. The largest absolute Gasteiger partial charge is 0.499 e. The summed E-state index contributed by atoms with van der Waals surface area (Å²) in [5.41, 5.74) is 10.7. The van der Waals surface area contributed by atoms with Gasteiger partial charge in [0.05, 0.1) is 19.1 Å². The standard InChI is InChI=1S/C15H16N2O2S/c1-10-6-4-5-7-14(10)20-15-9-12(18-2)11(17-16)8-13(15)19-3/h4-7,9H,8H2,1-3H3. The van der Waals surface area contributed by atoms with Crippen LogP contribution >= 0.6 is 11.8 Å². The van der Waals surface area contributed by atoms with Crippen LogP contribution in [0.25, 0.3) is 5.53 Å². The van der Waals surface area contributed by atoms with Gasteiger partial charge in [-0.2, -0.15) is 4.79 Å². The summed E-state index contributed by atoms with van der Waals surface area (Å²) < 4.78 is 10.7. The third-order valence-electron chi connectivity index (χ3n) is 3.05. The van der Waals surface area contributed by atoms with Gasteiger partial charge in [0, 0.05) is 11.0 Å². The van der Waals surface area contributed by atoms with Crippen LogP contribution in [0.2, 0.25) is 0 Å². The van der Waals surface area contributed by atoms with Gasteiger partial charge in [0.15, 0.2) is 0 Å². The lowest BCUT2D eigenvalue weighted by atomic mass is 10.1. The second kappa shape index (κ2) is 6.46. The molecule has 1 aliphatic carbocycles. The predicted molar refractivity (Wildman–Crippen MR) is 79.4 cm³/mol. The minimum absolute atomic E-state index is 0.418. The lowest BCUT2D eigenvalue weighted by Crippen LogP contribution is -2.14. The molecule has 0 saturated heterocycles. The molecule has 0 unspecified atom stereocenters. The molecule has 0 aromatic heterocycles. The van der Waals surface area contributed by atoms with Gasteiger partial charge in [0.1, 0.15) is 12.2 Å². The van der Waals surface area contributed by atoms with Gasteiger partial charge in [-0.05, 0) is 18.6 Å². The molecule has 20 heavy (non-hydrogen) atoms. The fourth-order valence-corrected chi connectivity index (χ4v) is 2.97. The molecule has 1 aromatic carbocycles. The molecule has 0 heterocycles. The summed E-state index contributed by atoms with van der Waals surface area (Å²) in [6, 6.07) is 8.15. The van der Waals surface area contributed by atoms with Gasteiger partial charge >= 0.3 is 5.71 Å². The van der Waals surface area contributed by atoms with E-state index in [2.05, 4.69) is 23.8 Å². The van der Waals surface area contributed by atoms with E-state index in [4.69, 9.17) is 15.0 Å². The van der Waals surface area contributed by atoms with Gasteiger partial charge in [-0.25, -0.2) is 0 Å². The number of nitrogens with zero attached hydrogens (tertiary/aromatic N) is 2. The number of hydrogen-bond donors (Lipinski definition) is 0. The summed E-state index contributed by atoms with van der Waals surface area (Å²) in [5.74, 6) is 1.33. The van der Waals surface area contributed by atoms with Crippen molar-refractivity contribution in [1.82, 2.24) is 0 Å². The van der Waals surface area contributed by atoms with Crippen molar-refractivity contribution in [3.05, 3.63) is 57.9 Å². The Bertz CT molecular complexity index is 629. The zero-order chi connectivity index (χ0) is 14.5. The zero-order valence-corrected chi connectivity index (χ0v) is 12.5. The third-order valence-corrected chi connectivity index (χ3v) is 4.29. The molecule has 0 fully saturated rings. The van der Waals surface area contributed by atoms with Crippen molar-refractivity contribution in [2.45, 2.75) is 18.2 Å². The Morgan fingerprint density at radius 1 is 1.20 bits per heavy atom. The van der Waals surface area contributed by atoms with Crippen LogP contribution in [0.5, 0.6) is 0 Å². The minimum atomic E-state index is 0.418. The average molecular weight is 288 g/mol. The van der Waals surface area contributed by atoms with Gasteiger partial charge in [0.25, 0.3) is 0 Å². The first kappa shape index (κ1) is 14.4. The summed E-state index contributed by atoms with van der Waals surface area (Å²) in [5, 5.41) is 0. The molecule has 0 N–H and O–H groups in total. The highest BCUT2D eigenvalue weighted by atomic mass is 32.2. The Morgan fingerprint density at radius 3 is 2.55 bits per heavy atom. The van der Waals surface area contributed by atoms with E-state index in [1.807, 2.05) is 18.2 Å². The molecule has 0 saturated carbocycles. The Morgan fingerprint density at radius 2 is 1.95 bits per heavy atom. The van der Waals surface area contributed by atoms with Crippen LogP contribution in [0, 0.1) is 6.92 Å². The topological polar surface area (TPSA) is 54.9 Å². The normalized spacial score (nSPS) is 14.8. The number of allylic oxidation sites excluding steroid dienone is 3. The molecule has 5 heteroatoms. The van der Waals surface area contributed by atoms with E-state index in [1.165, 1.54) is 5.56 Å². The van der Waals surface area contributed by atoms with Crippen molar-refractivity contribution >= 4 is 17.5 Å². The molecule has 0 radical (unpaired) electrons. The Balaban J connectivity index is 2.38. The van der Waals surface area contributed by atoms with Crippen LogP contribution in [0.4, 0.5) is 0 Å². The molecule has 1 aliphatic rings. The highest BCUT2D eigenvalue weighted by molar-refractivity contribution is 8.03. The molecule has 0 atom stereocenters. The Kier molecular flexibility index (Phi) is 4.66. The van der Waals surface area contributed by atoms with Crippen molar-refractivity contribution in [1.29, 1.82) is 0 Å². The van der Waals surface area contributed by atoms with Gasteiger partial charge in [0.2, 0.25) is 5.76 Å². The molecule has 0 bridgehead atoms. The molecular weight excluding hydrogens is 272 g/mol. The lowest BCUT2D eigenvalue weighted by molar-refractivity contribution is -0.0122. The van der Waals surface area contributed by atoms with Crippen molar-refractivity contribution in [2.75, 3.05) is 14.2 Å². The summed E-state index contributed by atoms with van der Waals surface area (Å²) >= 11 is 1.62. The summed E-state index contributed by atoms with van der Waals surface area (Å²) in [6.07, 6.45) is 2.26. The fraction of sp³-hybridized carbons (Fsp3) is 0.267. The summed E-state index contributed by atoms with van der Waals surface area (Å²) in [7, 11) is 3.18. The first-order valence-corrected chi connectivity index (χ1v) is 6.98. The second-order valence-electron chi connectivity index (χ2n) is 4.30. The maximum absolute atomic E-state index is 9.01. The maximum Gasteiger partial charge on any atom is 0.340 e. The van der Waals surface area contributed by atoms with E-state index < -0.39 is 0 Å². The van der Waals surface area contributed by atoms with Gasteiger partial charge < -0.3 is 15.0 Å². The van der Waals surface area contributed by atoms with Crippen LogP contribution in [0.1, 0.15) is 12.0 Å². The lowest BCUT2D eigenvalue weighted by Gasteiger charge is -2.16. The quantitative estimate of drug-likeness (QED) is 0.629. The number of aryl methyl sites for hydroxylation is 1. The van der Waals surface area contributed by atoms with Crippen LogP contribution in [-0.2, 0) is 9.47 Å². The van der Waals surface area contributed by atoms with E-state index in [0.29, 0.717) is 17.9 Å². The second-order valence-corrected chi connectivity index (χ2v) is 5.38. The van der Waals surface area contributed by atoms with Crippen molar-refractivity contribution < 1.29 is 14.3 Å². The van der Waals surface area contributed by atoms with Crippen LogP contribution in [0.3, 0.4) is 0 Å². The minimum Gasteiger partial charge on any atom is -0.499 e. The van der Waals surface area contributed by atoms with E-state index in [-0.39, 0.29) is 0 Å². The van der Waals surface area contributed by atoms with Gasteiger partial charge in [-0.15, -0.1) is 0 Å². The summed E-state index contributed by atoms with van der Waals surface area (Å²) in [4.78, 5) is 5.38. The van der Waals surface area contributed by atoms with Crippen molar-refractivity contribution in [3.63, 3.8) is 0 Å². The van der Waals surface area contributed by atoms with Crippen molar-refractivity contribution in [2.24, 2.45) is 0 Å². The summed E-state index contributed by atoms with van der Waals surface area (Å²) in [6.45, 7) is 2.07. The molecule has 0 aliphatic heterocycles. The predicted octanol–water partition coefficient (Wildman–Crippen LogP) is 3.55. The zero-order valence-electron chi connectivity index (χ0n) is 11.7. The smallest absolute Gasteiger partial charge is 0.340 e. The SMILES string of the molecule is COC1=CC(Sc2ccccc2C)=C(OC)CC1=[N+]=[N-]. The first-order valence-electron chi connectivity index (χ1n) is 6.17. The molecule has 104 valence electrons. The number of thioether (sulfide) groups is 1. The van der Waals surface area contributed by atoms with E-state index in [1.54, 1.807) is 26.0 Å². The monoisotopic (exact) mass is 288 g/mol. The van der Waals surface area contributed by atoms with E-state index in [0.717, 1.165) is 15.6 Å². The van der Waals surface area contributed by atoms with Crippen LogP contribution < -0.4 is 0 Å². The fourth-order valence-electron chi connectivity index (χ4n) is 1.92. The number of methoxy groups -OCH3 is 2. The highest BCUT2D eigenvalue weighted by Gasteiger charge is 2.27. The first-order chi connectivity index (χ1) is 9.69. The van der Waals surface area contributed by atoms with E-state index in [9.17, 15) is 0 Å². The van der Waals surface area contributed by atoms with Gasteiger partial charge in [-0.1, -0.05) is 30.0 Å². The number of benzene rings is 1. The number of ether oxygens (including phenoxy) is 2. The van der Waals surface area contributed by atoms with Crippen LogP contribution in [0.15, 0.2) is 51.7 Å². The molecule has 0 amide bonds. The van der Waals surface area contributed by atoms with E-state index >= 15 is 0 Å². The van der Waals surface area contributed by atoms with Gasteiger partial charge in [-0.3, -0.25) is 0 Å². The van der Waals surface area contributed by atoms with Crippen molar-refractivity contribution in [3.8, 4) is 0 Å². The molecule has 0 spiro atoms. The molecule has 4 nitrogen and oxygen atoms in total. The average Bonchev–Trinajstić information content (AvgIpc) is 2.49. The number of rotatable bonds is 4. The maximum atomic E-state index is 9.01.